The molecule has 1 aliphatic carbocycles. The van der Waals surface area contributed by atoms with Gasteiger partial charge in [0.1, 0.15) is 5.60 Å². The Kier molecular flexibility index (Phi) is 4.97. The molecule has 0 heterocycles. The number of esters is 1. The fourth-order valence-electron chi connectivity index (χ4n) is 2.55. The van der Waals surface area contributed by atoms with E-state index in [1.165, 1.54) is 0 Å². The number of carbonyl (C=O) groups excluding carboxylic acids is 1. The highest BCUT2D eigenvalue weighted by Crippen LogP contribution is 2.39. The lowest BCUT2D eigenvalue weighted by Crippen LogP contribution is -2.28. The Morgan fingerprint density at radius 1 is 1.50 bits per heavy atom. The zero-order valence-corrected chi connectivity index (χ0v) is 13.8. The molecule has 0 saturated heterocycles. The van der Waals surface area contributed by atoms with Gasteiger partial charge in [-0.2, -0.15) is 0 Å². The number of carbonyl (C=O) groups is 1. The number of ether oxygens (including phenoxy) is 2. The zero-order valence-electron chi connectivity index (χ0n) is 13.0. The van der Waals surface area contributed by atoms with Gasteiger partial charge in [0.05, 0.1) is 5.02 Å². The maximum atomic E-state index is 14.3. The summed E-state index contributed by atoms with van der Waals surface area (Å²) in [4.78, 5) is 11.7. The number of rotatable bonds is 3. The van der Waals surface area contributed by atoms with Gasteiger partial charge in [0.2, 0.25) is 0 Å². The first-order valence-corrected chi connectivity index (χ1v) is 7.68. The number of nitrogens with two attached hydrogens (primary N) is 1. The van der Waals surface area contributed by atoms with Gasteiger partial charge in [-0.15, -0.1) is 0 Å². The Labute approximate surface area is 134 Å². The third-order valence-electron chi connectivity index (χ3n) is 3.41. The van der Waals surface area contributed by atoms with Crippen molar-refractivity contribution in [3.63, 3.8) is 0 Å². The quantitative estimate of drug-likeness (QED) is 0.862. The van der Waals surface area contributed by atoms with Crippen molar-refractivity contribution in [2.45, 2.75) is 51.7 Å². The lowest BCUT2D eigenvalue weighted by molar-refractivity contribution is -0.157. The standard InChI is InChI=1S/C16H21ClFNO3/c1-16(2,3)22-13(20)8-21-15-9-5-4-6-12(19)10(9)7-11(17)14(15)18/h7,12H,4-6,8,19H2,1-3H3. The van der Waals surface area contributed by atoms with Crippen molar-refractivity contribution < 1.29 is 18.7 Å². The highest BCUT2D eigenvalue weighted by molar-refractivity contribution is 6.31. The fraction of sp³-hybridized carbons (Fsp3) is 0.562. The van der Waals surface area contributed by atoms with E-state index in [2.05, 4.69) is 0 Å². The molecule has 1 aromatic rings. The number of fused-ring (bicyclic) bond motifs is 1. The Balaban J connectivity index is 2.22. The molecule has 22 heavy (non-hydrogen) atoms. The van der Waals surface area contributed by atoms with Crippen molar-refractivity contribution in [1.29, 1.82) is 0 Å². The lowest BCUT2D eigenvalue weighted by Gasteiger charge is -2.25. The van der Waals surface area contributed by atoms with Gasteiger partial charge < -0.3 is 15.2 Å². The summed E-state index contributed by atoms with van der Waals surface area (Å²) in [5, 5.41) is -0.0460. The summed E-state index contributed by atoms with van der Waals surface area (Å²) in [5.41, 5.74) is 6.92. The van der Waals surface area contributed by atoms with Crippen molar-refractivity contribution in [3.8, 4) is 5.75 Å². The Morgan fingerprint density at radius 3 is 2.82 bits per heavy atom. The van der Waals surface area contributed by atoms with Crippen LogP contribution in [0.15, 0.2) is 6.07 Å². The molecule has 0 spiro atoms. The minimum absolute atomic E-state index is 0.0171. The molecule has 0 amide bonds. The van der Waals surface area contributed by atoms with E-state index >= 15 is 0 Å². The van der Waals surface area contributed by atoms with Crippen LogP contribution >= 0.6 is 11.6 Å². The maximum Gasteiger partial charge on any atom is 0.344 e. The minimum Gasteiger partial charge on any atom is -0.478 e. The highest BCUT2D eigenvalue weighted by atomic mass is 35.5. The molecule has 0 saturated carbocycles. The third kappa shape index (κ3) is 3.90. The molecule has 4 nitrogen and oxygen atoms in total. The fourth-order valence-corrected chi connectivity index (χ4v) is 2.76. The van der Waals surface area contributed by atoms with Crippen LogP contribution < -0.4 is 10.5 Å². The third-order valence-corrected chi connectivity index (χ3v) is 3.68. The normalized spacial score (nSPS) is 17.8. The zero-order chi connectivity index (χ0) is 16.5. The van der Waals surface area contributed by atoms with Crippen molar-refractivity contribution in [2.75, 3.05) is 6.61 Å². The SMILES string of the molecule is CC(C)(C)OC(=O)COc1c(F)c(Cl)cc2c1CCCC2N. The van der Waals surface area contributed by atoms with Crippen molar-refractivity contribution in [3.05, 3.63) is 28.0 Å². The lowest BCUT2D eigenvalue weighted by atomic mass is 9.87. The monoisotopic (exact) mass is 329 g/mol. The van der Waals surface area contributed by atoms with E-state index in [4.69, 9.17) is 26.8 Å². The summed E-state index contributed by atoms with van der Waals surface area (Å²) in [5.74, 6) is -1.19. The summed E-state index contributed by atoms with van der Waals surface area (Å²) in [6, 6.07) is 1.36. The second kappa shape index (κ2) is 6.42. The molecule has 122 valence electrons. The highest BCUT2D eigenvalue weighted by Gasteiger charge is 2.26. The maximum absolute atomic E-state index is 14.3. The number of hydrogen-bond donors (Lipinski definition) is 1. The van der Waals surface area contributed by atoms with Crippen molar-refractivity contribution in [1.82, 2.24) is 0 Å². The first-order chi connectivity index (χ1) is 10.2. The number of halogens is 2. The van der Waals surface area contributed by atoms with Gasteiger partial charge >= 0.3 is 5.97 Å². The molecule has 0 radical (unpaired) electrons. The second-order valence-corrected chi connectivity index (χ2v) is 6.85. The molecule has 0 bridgehead atoms. The Morgan fingerprint density at radius 2 is 2.18 bits per heavy atom. The van der Waals surface area contributed by atoms with Crippen LogP contribution in [-0.2, 0) is 16.0 Å². The van der Waals surface area contributed by atoms with Crippen LogP contribution in [0.4, 0.5) is 4.39 Å². The minimum atomic E-state index is -0.655. The van der Waals surface area contributed by atoms with E-state index in [0.29, 0.717) is 12.0 Å². The predicted octanol–water partition coefficient (Wildman–Crippen LogP) is 3.54. The molecule has 2 rings (SSSR count). The van der Waals surface area contributed by atoms with Gasteiger partial charge in [-0.25, -0.2) is 9.18 Å². The Hall–Kier alpha value is -1.33. The average molecular weight is 330 g/mol. The van der Waals surface area contributed by atoms with Crippen molar-refractivity contribution in [2.24, 2.45) is 5.73 Å². The van der Waals surface area contributed by atoms with Crippen LogP contribution in [0, 0.1) is 5.82 Å². The summed E-state index contributed by atoms with van der Waals surface area (Å²) in [6.07, 6.45) is 2.32. The van der Waals surface area contributed by atoms with Gasteiger partial charge in [0, 0.05) is 11.6 Å². The summed E-state index contributed by atoms with van der Waals surface area (Å²) < 4.78 is 24.8. The second-order valence-electron chi connectivity index (χ2n) is 6.44. The number of hydrogen-bond acceptors (Lipinski definition) is 4. The molecule has 1 aromatic carbocycles. The van der Waals surface area contributed by atoms with E-state index in [9.17, 15) is 9.18 Å². The molecule has 0 fully saturated rings. The van der Waals surface area contributed by atoms with E-state index in [-0.39, 0.29) is 23.4 Å². The van der Waals surface area contributed by atoms with E-state index in [1.807, 2.05) is 0 Å². The van der Waals surface area contributed by atoms with Gasteiger partial charge in [0.15, 0.2) is 18.2 Å². The van der Waals surface area contributed by atoms with Crippen LogP contribution in [-0.4, -0.2) is 18.2 Å². The van der Waals surface area contributed by atoms with Crippen LogP contribution in [0.2, 0.25) is 5.02 Å². The van der Waals surface area contributed by atoms with Crippen LogP contribution in [0.3, 0.4) is 0 Å². The first kappa shape index (κ1) is 17.0. The summed E-state index contributed by atoms with van der Waals surface area (Å²) >= 11 is 5.91. The van der Waals surface area contributed by atoms with Gasteiger partial charge in [-0.1, -0.05) is 11.6 Å². The molecule has 0 aliphatic heterocycles. The molecule has 1 atom stereocenters. The van der Waals surface area contributed by atoms with E-state index in [0.717, 1.165) is 18.4 Å². The number of benzene rings is 1. The van der Waals surface area contributed by atoms with Crippen LogP contribution in [0.5, 0.6) is 5.75 Å². The van der Waals surface area contributed by atoms with E-state index in [1.54, 1.807) is 26.8 Å². The molecule has 1 aliphatic rings. The molecule has 1 unspecified atom stereocenters. The molecule has 0 aromatic heterocycles. The van der Waals surface area contributed by atoms with Crippen LogP contribution in [0.1, 0.15) is 50.8 Å². The topological polar surface area (TPSA) is 61.5 Å². The largest absolute Gasteiger partial charge is 0.478 e. The van der Waals surface area contributed by atoms with Gasteiger partial charge in [0.25, 0.3) is 0 Å². The van der Waals surface area contributed by atoms with Gasteiger partial charge in [-0.3, -0.25) is 0 Å². The molecule has 6 heteroatoms. The smallest absolute Gasteiger partial charge is 0.344 e. The van der Waals surface area contributed by atoms with Crippen LogP contribution in [0.25, 0.3) is 0 Å². The molecule has 2 N–H and O–H groups in total. The predicted molar refractivity (Wildman–Crippen MR) is 82.6 cm³/mol. The summed E-state index contributed by atoms with van der Waals surface area (Å²) in [6.45, 7) is 4.90. The Bertz CT molecular complexity index is 584. The van der Waals surface area contributed by atoms with Crippen molar-refractivity contribution >= 4 is 17.6 Å². The first-order valence-electron chi connectivity index (χ1n) is 7.30. The average Bonchev–Trinajstić information content (AvgIpc) is 2.38. The molecular weight excluding hydrogens is 309 g/mol. The van der Waals surface area contributed by atoms with Gasteiger partial charge in [-0.05, 0) is 51.7 Å². The van der Waals surface area contributed by atoms with E-state index < -0.39 is 17.4 Å². The summed E-state index contributed by atoms with van der Waals surface area (Å²) in [7, 11) is 0. The molecular formula is C16H21ClFNO3.